The molecule has 2 N–H and O–H groups in total. The number of rotatable bonds is 25. The summed E-state index contributed by atoms with van der Waals surface area (Å²) in [5.74, 6) is -1.41. The molecule has 0 aliphatic carbocycles. The Hall–Kier alpha value is -9.67. The molecule has 6 amide bonds. The van der Waals surface area contributed by atoms with Crippen LogP contribution < -0.4 is 37.6 Å². The molecule has 27 heteroatoms. The molecule has 6 aliphatic rings. The minimum Gasteiger partial charge on any atom is -0.487 e. The van der Waals surface area contributed by atoms with Crippen LogP contribution in [0.25, 0.3) is 43.8 Å². The van der Waals surface area contributed by atoms with Crippen molar-refractivity contribution in [3.63, 3.8) is 0 Å². The van der Waals surface area contributed by atoms with Gasteiger partial charge in [-0.3, -0.25) is 54.3 Å². The lowest BCUT2D eigenvalue weighted by Crippen LogP contribution is -2.57. The molecule has 4 unspecified atom stereocenters. The Balaban J connectivity index is 0.692. The van der Waals surface area contributed by atoms with Crippen LogP contribution in [0.5, 0.6) is 5.75 Å². The third kappa shape index (κ3) is 17.0. The number of likely N-dealkylation sites (tertiary alicyclic amines) is 4. The van der Waals surface area contributed by atoms with Crippen LogP contribution in [-0.4, -0.2) is 198 Å². The first-order valence-electron chi connectivity index (χ1n) is 37.8. The predicted molar refractivity (Wildman–Crippen MR) is 398 cm³/mol. The number of imide groups is 2. The first-order valence-corrected chi connectivity index (χ1v) is 37.8. The number of hydrogen-bond acceptors (Lipinski definition) is 16. The molecule has 6 saturated heterocycles. The molecule has 107 heavy (non-hydrogen) atoms. The fraction of sp³-hybridized carbons (Fsp3) is 0.475. The third-order valence-electron chi connectivity index (χ3n) is 22.8. The lowest BCUT2D eigenvalue weighted by molar-refractivity contribution is -0.122. The summed E-state index contributed by atoms with van der Waals surface area (Å²) in [5.41, 5.74) is 2.73. The van der Waals surface area contributed by atoms with Crippen molar-refractivity contribution in [2.24, 2.45) is 24.8 Å². The lowest BCUT2D eigenvalue weighted by Gasteiger charge is -2.50. The number of piperidine rings is 4. The van der Waals surface area contributed by atoms with Crippen LogP contribution in [0.1, 0.15) is 81.4 Å². The zero-order chi connectivity index (χ0) is 74.4. The minimum atomic E-state index is -1.30. The van der Waals surface area contributed by atoms with Gasteiger partial charge < -0.3 is 52.2 Å². The Morgan fingerprint density at radius 3 is 1.69 bits per heavy atom. The van der Waals surface area contributed by atoms with Crippen molar-refractivity contribution in [1.82, 2.24) is 68.3 Å². The number of ether oxygens (including phenoxy) is 2. The number of hydrogen-bond donors (Lipinski definition) is 2. The second kappa shape index (κ2) is 33.2. The largest absolute Gasteiger partial charge is 0.487 e. The first kappa shape index (κ1) is 74.2. The second-order valence-corrected chi connectivity index (χ2v) is 29.7. The summed E-state index contributed by atoms with van der Waals surface area (Å²) in [4.78, 5) is 125. The Morgan fingerprint density at radius 1 is 0.533 bits per heavy atom. The molecule has 0 saturated carbocycles. The topological polar surface area (TPSA) is 244 Å². The van der Waals surface area contributed by atoms with Gasteiger partial charge in [0.2, 0.25) is 11.8 Å². The molecule has 0 spiro atoms. The van der Waals surface area contributed by atoms with Crippen molar-refractivity contribution in [3.05, 3.63) is 192 Å². The van der Waals surface area contributed by atoms with Gasteiger partial charge in [-0.1, -0.05) is 37.6 Å². The molecule has 564 valence electrons. The third-order valence-corrected chi connectivity index (χ3v) is 22.8. The molecule has 6 fully saturated rings. The van der Waals surface area contributed by atoms with Gasteiger partial charge in [-0.25, -0.2) is 22.8 Å². The summed E-state index contributed by atoms with van der Waals surface area (Å²) >= 11 is 0. The number of carbonyl (C=O) groups excluding carboxylic acids is 4. The van der Waals surface area contributed by atoms with E-state index in [0.717, 1.165) is 42.3 Å². The molecule has 0 bridgehead atoms. The minimum absolute atomic E-state index is 0.00441. The van der Waals surface area contributed by atoms with E-state index >= 15 is 13.2 Å². The van der Waals surface area contributed by atoms with Crippen molar-refractivity contribution < 1.29 is 41.8 Å². The fourth-order valence-electron chi connectivity index (χ4n) is 16.8. The van der Waals surface area contributed by atoms with E-state index in [1.54, 1.807) is 82.2 Å². The van der Waals surface area contributed by atoms with Gasteiger partial charge in [-0.15, -0.1) is 0 Å². The standard InChI is InChI=1S/C80H93F3N14O10/c1-3-4-25-95-50-66(60-14-24-85-43-63(60)78(95)103)52-9-11-57(12-10-52)107-72-20-33-92(51-70(72)83)44-53-15-28-90(36-38-93-26-5-7-54(75(93)100)45-96-34-21-73(98)86-79(96)104)48-65(53)67-49-91(37-39-94-27-6-8-55(76(94)101)46-97-35-22-74(99)87-80(97)105)32-19-71(67)106-58-16-29-89(30-17-58)31-18-61-68(81)40-56(41-69(61)82)64-47-88(2)77(102)62-42-84-23-13-59(62)64/h5-14,23-24,26-27,40-43,47,50,53,58,65,67,70-72H,3-4,15-22,25,28-39,44-46,48-49,51H2,1-2H3,(H,86,98,104)(H,87,99,105)/t53?,65?,67?,70-,71?,72-/m0/s1. The average molecular weight is 1470 g/mol. The van der Waals surface area contributed by atoms with E-state index in [1.807, 2.05) is 42.6 Å². The van der Waals surface area contributed by atoms with Gasteiger partial charge >= 0.3 is 12.1 Å². The smallest absolute Gasteiger partial charge is 0.324 e. The Labute approximate surface area is 617 Å². The summed E-state index contributed by atoms with van der Waals surface area (Å²) in [7, 11) is 1.60. The van der Waals surface area contributed by atoms with Crippen molar-refractivity contribution in [2.75, 3.05) is 91.6 Å². The maximum absolute atomic E-state index is 17.0. The number of unbranched alkanes of at least 4 members (excludes halogenated alkanes) is 1. The van der Waals surface area contributed by atoms with E-state index < -0.39 is 36.0 Å². The van der Waals surface area contributed by atoms with Crippen molar-refractivity contribution >= 4 is 45.4 Å². The van der Waals surface area contributed by atoms with Crippen molar-refractivity contribution in [1.29, 1.82) is 0 Å². The van der Waals surface area contributed by atoms with Gasteiger partial charge in [0.25, 0.3) is 22.2 Å². The van der Waals surface area contributed by atoms with Gasteiger partial charge in [0.1, 0.15) is 29.7 Å². The van der Waals surface area contributed by atoms with Crippen molar-refractivity contribution in [2.45, 2.75) is 128 Å². The summed E-state index contributed by atoms with van der Waals surface area (Å²) in [6.45, 7) is 10.8. The van der Waals surface area contributed by atoms with E-state index in [2.05, 4.69) is 47.1 Å². The number of urea groups is 2. The van der Waals surface area contributed by atoms with Crippen molar-refractivity contribution in [3.8, 4) is 28.0 Å². The van der Waals surface area contributed by atoms with Crippen LogP contribution in [0.4, 0.5) is 22.8 Å². The Kier molecular flexibility index (Phi) is 23.0. The molecule has 2 aromatic carbocycles. The Morgan fingerprint density at radius 2 is 1.09 bits per heavy atom. The number of fused-ring (bicyclic) bond motifs is 2. The summed E-state index contributed by atoms with van der Waals surface area (Å²) < 4.78 is 69.6. The molecule has 6 aliphatic heterocycles. The highest BCUT2D eigenvalue weighted by Gasteiger charge is 2.44. The normalized spacial score (nSPS) is 21.9. The number of aryl methyl sites for hydroxylation is 2. The summed E-state index contributed by atoms with van der Waals surface area (Å²) in [6.07, 6.45) is 16.6. The average Bonchev–Trinajstić information content (AvgIpc) is 0.785. The van der Waals surface area contributed by atoms with Crippen LogP contribution in [0.3, 0.4) is 0 Å². The quantitative estimate of drug-likeness (QED) is 0.0554. The molecule has 6 aromatic heterocycles. The molecule has 24 nitrogen and oxygen atoms in total. The maximum atomic E-state index is 17.0. The van der Waals surface area contributed by atoms with E-state index in [-0.39, 0.29) is 122 Å². The zero-order valence-electron chi connectivity index (χ0n) is 60.7. The molecule has 8 aromatic rings. The number of benzene rings is 2. The Bertz CT molecular complexity index is 4830. The number of pyridine rings is 6. The molecule has 14 rings (SSSR count). The molecule has 12 heterocycles. The van der Waals surface area contributed by atoms with E-state index in [9.17, 15) is 38.4 Å². The van der Waals surface area contributed by atoms with Gasteiger partial charge in [-0.05, 0) is 134 Å². The number of halogens is 3. The van der Waals surface area contributed by atoms with E-state index in [0.29, 0.717) is 155 Å². The molecule has 0 radical (unpaired) electrons. The molecule has 6 atom stereocenters. The van der Waals surface area contributed by atoms with Crippen LogP contribution in [0, 0.1) is 29.4 Å². The zero-order valence-corrected chi connectivity index (χ0v) is 60.7. The van der Waals surface area contributed by atoms with E-state index in [1.165, 1.54) is 32.7 Å². The maximum Gasteiger partial charge on any atom is 0.324 e. The monoisotopic (exact) mass is 1470 g/mol. The summed E-state index contributed by atoms with van der Waals surface area (Å²) in [5, 5.41) is 6.96. The fourth-order valence-corrected chi connectivity index (χ4v) is 16.8. The summed E-state index contributed by atoms with van der Waals surface area (Å²) in [6, 6.07) is 19.8. The highest BCUT2D eigenvalue weighted by molar-refractivity contribution is 5.98. The van der Waals surface area contributed by atoms with Gasteiger partial charge in [0.15, 0.2) is 0 Å². The predicted octanol–water partition coefficient (Wildman–Crippen LogP) is 7.81. The van der Waals surface area contributed by atoms with Crippen LogP contribution in [-0.2, 0) is 60.5 Å². The van der Waals surface area contributed by atoms with E-state index in [4.69, 9.17) is 9.47 Å². The number of nitrogens with one attached hydrogen (secondary N) is 2. The number of nitrogens with zero attached hydrogens (tertiary/aromatic N) is 12. The van der Waals surface area contributed by atoms with Crippen LogP contribution in [0.2, 0.25) is 0 Å². The second-order valence-electron chi connectivity index (χ2n) is 29.7. The highest BCUT2D eigenvalue weighted by atomic mass is 19.1. The number of alkyl halides is 1. The number of carbonyl (C=O) groups is 4. The molecular weight excluding hydrogens is 1370 g/mol. The van der Waals surface area contributed by atoms with Gasteiger partial charge in [0.05, 0.1) is 36.1 Å². The number of amides is 6. The number of aromatic nitrogens is 6. The lowest BCUT2D eigenvalue weighted by atomic mass is 9.72. The van der Waals surface area contributed by atoms with Crippen LogP contribution in [0.15, 0.2) is 142 Å². The van der Waals surface area contributed by atoms with Gasteiger partial charge in [0, 0.05) is 208 Å². The SMILES string of the molecule is CCCCn1cc(-c2ccc(O[C@H]3CCN(CC4CCN(CCn5cccc(CN6CCC(=O)NC6=O)c5=O)CC4C4CN(CCn5cccc(CN6CCC(=O)NC6=O)c5=O)CCC4OC4CCN(CCc5c(F)cc(-c6cn(C)c(=O)c7cnccc67)cc5F)CC4)C[C@@H]3F)cc2)c2ccncc2c1=O. The van der Waals surface area contributed by atoms with Crippen LogP contribution >= 0.6 is 0 Å². The highest BCUT2D eigenvalue weighted by Crippen LogP contribution is 2.40. The molecular formula is C80H93F3N14O10. The van der Waals surface area contributed by atoms with Gasteiger partial charge in [-0.2, -0.15) is 0 Å². The first-order chi connectivity index (χ1) is 51.9.